The van der Waals surface area contributed by atoms with Gasteiger partial charge in [-0.1, -0.05) is 43.8 Å². The maximum Gasteiger partial charge on any atom is 0.243 e. The van der Waals surface area contributed by atoms with E-state index in [0.29, 0.717) is 16.8 Å². The second kappa shape index (κ2) is 6.02. The molecule has 5 heteroatoms. The van der Waals surface area contributed by atoms with Crippen LogP contribution in [0.25, 0.3) is 0 Å². The Labute approximate surface area is 117 Å². The standard InChI is InChI=1S/C14H17N3OS/c1-4-15-16-14-17(13(18)9-19-14)12-8-6-5-7-11(12)10(2)3/h4-8,10H,9H2,1-3H3/b15-4+,16-14-. The highest BCUT2D eigenvalue weighted by Gasteiger charge is 2.31. The number of carbonyl (C=O) groups is 1. The molecule has 1 fully saturated rings. The molecule has 0 aliphatic carbocycles. The molecule has 1 aliphatic heterocycles. The summed E-state index contributed by atoms with van der Waals surface area (Å²) in [6.45, 7) is 6.04. The number of para-hydroxylation sites is 1. The van der Waals surface area contributed by atoms with E-state index in [1.54, 1.807) is 18.0 Å². The van der Waals surface area contributed by atoms with E-state index in [-0.39, 0.29) is 5.91 Å². The average Bonchev–Trinajstić information content (AvgIpc) is 2.77. The number of rotatable bonds is 3. The SMILES string of the molecule is C/C=N/N=C1\SCC(=O)N1c1ccccc1C(C)C. The number of thioether (sulfide) groups is 1. The molecule has 1 heterocycles. The van der Waals surface area contributed by atoms with Crippen molar-refractivity contribution in [3.63, 3.8) is 0 Å². The lowest BCUT2D eigenvalue weighted by Crippen LogP contribution is -2.30. The normalized spacial score (nSPS) is 18.2. The second-order valence-electron chi connectivity index (χ2n) is 4.49. The summed E-state index contributed by atoms with van der Waals surface area (Å²) in [7, 11) is 0. The predicted octanol–water partition coefficient (Wildman–Crippen LogP) is 3.25. The largest absolute Gasteiger partial charge is 0.273 e. The lowest BCUT2D eigenvalue weighted by atomic mass is 10.0. The molecule has 0 radical (unpaired) electrons. The molecular weight excluding hydrogens is 258 g/mol. The average molecular weight is 275 g/mol. The van der Waals surface area contributed by atoms with Crippen molar-refractivity contribution < 1.29 is 4.79 Å². The first-order valence-corrected chi connectivity index (χ1v) is 7.24. The van der Waals surface area contributed by atoms with Crippen LogP contribution in [-0.4, -0.2) is 23.0 Å². The minimum Gasteiger partial charge on any atom is -0.273 e. The van der Waals surface area contributed by atoms with Crippen LogP contribution in [0.1, 0.15) is 32.3 Å². The van der Waals surface area contributed by atoms with Gasteiger partial charge in [0.1, 0.15) is 0 Å². The zero-order valence-corrected chi connectivity index (χ0v) is 12.1. The zero-order chi connectivity index (χ0) is 13.8. The fourth-order valence-corrected chi connectivity index (χ4v) is 2.78. The second-order valence-corrected chi connectivity index (χ2v) is 5.43. The molecule has 1 aromatic carbocycles. The van der Waals surface area contributed by atoms with Crippen molar-refractivity contribution in [2.75, 3.05) is 10.7 Å². The van der Waals surface area contributed by atoms with Crippen LogP contribution in [0.15, 0.2) is 34.5 Å². The van der Waals surface area contributed by atoms with Gasteiger partial charge in [0, 0.05) is 6.21 Å². The minimum absolute atomic E-state index is 0.0585. The molecule has 100 valence electrons. The summed E-state index contributed by atoms with van der Waals surface area (Å²) >= 11 is 1.43. The zero-order valence-electron chi connectivity index (χ0n) is 11.3. The van der Waals surface area contributed by atoms with Gasteiger partial charge >= 0.3 is 0 Å². The summed E-state index contributed by atoms with van der Waals surface area (Å²) in [5, 5.41) is 8.64. The summed E-state index contributed by atoms with van der Waals surface area (Å²) in [4.78, 5) is 13.8. The predicted molar refractivity (Wildman–Crippen MR) is 82.1 cm³/mol. The molecule has 0 saturated carbocycles. The lowest BCUT2D eigenvalue weighted by Gasteiger charge is -2.20. The van der Waals surface area contributed by atoms with E-state index >= 15 is 0 Å². The molecule has 0 aromatic heterocycles. The summed E-state index contributed by atoms with van der Waals surface area (Å²) in [5.41, 5.74) is 2.06. The van der Waals surface area contributed by atoms with Crippen molar-refractivity contribution in [1.29, 1.82) is 0 Å². The van der Waals surface area contributed by atoms with Crippen LogP contribution < -0.4 is 4.90 Å². The van der Waals surface area contributed by atoms with E-state index < -0.39 is 0 Å². The number of nitrogens with zero attached hydrogens (tertiary/aromatic N) is 3. The summed E-state index contributed by atoms with van der Waals surface area (Å²) in [6, 6.07) is 7.95. The molecule has 0 bridgehead atoms. The van der Waals surface area contributed by atoms with Crippen molar-refractivity contribution in [2.24, 2.45) is 10.2 Å². The first kappa shape index (κ1) is 13.8. The minimum atomic E-state index is 0.0585. The number of benzene rings is 1. The maximum atomic E-state index is 12.1. The maximum absolute atomic E-state index is 12.1. The number of carbonyl (C=O) groups excluding carboxylic acids is 1. The Morgan fingerprint density at radius 2 is 2.11 bits per heavy atom. The van der Waals surface area contributed by atoms with Gasteiger partial charge in [0.05, 0.1) is 11.4 Å². The van der Waals surface area contributed by atoms with Crippen molar-refractivity contribution >= 4 is 34.7 Å². The highest BCUT2D eigenvalue weighted by Crippen LogP contribution is 2.33. The molecular formula is C14H17N3OS. The van der Waals surface area contributed by atoms with Gasteiger partial charge < -0.3 is 0 Å². The van der Waals surface area contributed by atoms with Gasteiger partial charge in [-0.2, -0.15) is 5.10 Å². The van der Waals surface area contributed by atoms with Gasteiger partial charge in [-0.05, 0) is 24.5 Å². The lowest BCUT2D eigenvalue weighted by molar-refractivity contribution is -0.115. The molecule has 0 atom stereocenters. The van der Waals surface area contributed by atoms with Crippen LogP contribution in [-0.2, 0) is 4.79 Å². The van der Waals surface area contributed by atoms with E-state index in [2.05, 4.69) is 30.1 Å². The first-order valence-electron chi connectivity index (χ1n) is 6.25. The van der Waals surface area contributed by atoms with Crippen LogP contribution in [0.5, 0.6) is 0 Å². The Morgan fingerprint density at radius 3 is 2.79 bits per heavy atom. The topological polar surface area (TPSA) is 45.0 Å². The summed E-state index contributed by atoms with van der Waals surface area (Å²) < 4.78 is 0. The summed E-state index contributed by atoms with van der Waals surface area (Å²) in [6.07, 6.45) is 1.61. The van der Waals surface area contributed by atoms with Gasteiger partial charge in [-0.3, -0.25) is 9.69 Å². The third-order valence-electron chi connectivity index (χ3n) is 2.82. The fourth-order valence-electron chi connectivity index (χ4n) is 1.96. The number of hydrogen-bond acceptors (Lipinski definition) is 4. The number of amides is 1. The molecule has 1 saturated heterocycles. The highest BCUT2D eigenvalue weighted by atomic mass is 32.2. The molecule has 1 amide bonds. The van der Waals surface area contributed by atoms with Crippen LogP contribution in [0.3, 0.4) is 0 Å². The molecule has 1 aromatic rings. The van der Waals surface area contributed by atoms with E-state index in [1.165, 1.54) is 11.8 Å². The van der Waals surface area contributed by atoms with Crippen molar-refractivity contribution in [3.8, 4) is 0 Å². The monoisotopic (exact) mass is 275 g/mol. The van der Waals surface area contributed by atoms with Gasteiger partial charge in [-0.15, -0.1) is 5.10 Å². The summed E-state index contributed by atoms with van der Waals surface area (Å²) in [5.74, 6) is 0.832. The molecule has 0 spiro atoms. The molecule has 19 heavy (non-hydrogen) atoms. The van der Waals surface area contributed by atoms with Gasteiger partial charge in [0.15, 0.2) is 5.17 Å². The Balaban J connectivity index is 2.46. The van der Waals surface area contributed by atoms with Gasteiger partial charge in [-0.25, -0.2) is 0 Å². The Bertz CT molecular complexity index is 537. The van der Waals surface area contributed by atoms with Gasteiger partial charge in [0.25, 0.3) is 0 Å². The molecule has 1 aliphatic rings. The van der Waals surface area contributed by atoms with Crippen molar-refractivity contribution in [1.82, 2.24) is 0 Å². The van der Waals surface area contributed by atoms with Crippen molar-refractivity contribution in [2.45, 2.75) is 26.7 Å². The third kappa shape index (κ3) is 2.87. The van der Waals surface area contributed by atoms with Crippen LogP contribution in [0, 0.1) is 0 Å². The molecule has 0 N–H and O–H groups in total. The van der Waals surface area contributed by atoms with Crippen molar-refractivity contribution in [3.05, 3.63) is 29.8 Å². The van der Waals surface area contributed by atoms with E-state index in [4.69, 9.17) is 0 Å². The van der Waals surface area contributed by atoms with Crippen LogP contribution in [0.4, 0.5) is 5.69 Å². The van der Waals surface area contributed by atoms with Gasteiger partial charge in [0.2, 0.25) is 5.91 Å². The molecule has 0 unspecified atom stereocenters. The first-order chi connectivity index (χ1) is 9.15. The van der Waals surface area contributed by atoms with E-state index in [0.717, 1.165) is 11.3 Å². The Hall–Kier alpha value is -1.62. The molecule has 2 rings (SSSR count). The number of hydrogen-bond donors (Lipinski definition) is 0. The highest BCUT2D eigenvalue weighted by molar-refractivity contribution is 8.15. The third-order valence-corrected chi connectivity index (χ3v) is 3.74. The Kier molecular flexibility index (Phi) is 4.37. The number of amidine groups is 1. The smallest absolute Gasteiger partial charge is 0.243 e. The van der Waals surface area contributed by atoms with E-state index in [1.807, 2.05) is 18.2 Å². The molecule has 4 nitrogen and oxygen atoms in total. The van der Waals surface area contributed by atoms with Crippen LogP contribution >= 0.6 is 11.8 Å². The Morgan fingerprint density at radius 1 is 1.37 bits per heavy atom. The quantitative estimate of drug-likeness (QED) is 0.628. The van der Waals surface area contributed by atoms with Crippen LogP contribution in [0.2, 0.25) is 0 Å². The number of anilines is 1. The fraction of sp³-hybridized carbons (Fsp3) is 0.357. The van der Waals surface area contributed by atoms with E-state index in [9.17, 15) is 4.79 Å².